The highest BCUT2D eigenvalue weighted by atomic mass is 35.5. The topological polar surface area (TPSA) is 40.8 Å². The molecule has 186 valence electrons. The van der Waals surface area contributed by atoms with Crippen LogP contribution in [0.25, 0.3) is 22.0 Å². The van der Waals surface area contributed by atoms with Gasteiger partial charge in [-0.3, -0.25) is 0 Å². The van der Waals surface area contributed by atoms with Crippen LogP contribution in [-0.4, -0.2) is 13.6 Å². The molecule has 4 heterocycles. The van der Waals surface area contributed by atoms with Crippen molar-refractivity contribution in [3.63, 3.8) is 0 Å². The Hall–Kier alpha value is -2.66. The van der Waals surface area contributed by atoms with Gasteiger partial charge in [-0.1, -0.05) is 51.9 Å². The van der Waals surface area contributed by atoms with Gasteiger partial charge in [0.2, 0.25) is 19.3 Å². The molecule has 6 heteroatoms. The Morgan fingerprint density at radius 3 is 2.31 bits per heavy atom. The van der Waals surface area contributed by atoms with Crippen LogP contribution in [0.3, 0.4) is 0 Å². The fourth-order valence-electron chi connectivity index (χ4n) is 5.74. The summed E-state index contributed by atoms with van der Waals surface area (Å²) >= 11 is 0. The van der Waals surface area contributed by atoms with Crippen LogP contribution in [0.4, 0.5) is 0 Å². The summed E-state index contributed by atoms with van der Waals surface area (Å²) in [4.78, 5) is 0. The molecular formula is C29H34ClNO4. The quantitative estimate of drug-likeness (QED) is 0.336. The Labute approximate surface area is 213 Å². The second kappa shape index (κ2) is 10.5. The van der Waals surface area contributed by atoms with Gasteiger partial charge in [0, 0.05) is 17.4 Å². The van der Waals surface area contributed by atoms with Gasteiger partial charge in [-0.15, -0.1) is 0 Å². The van der Waals surface area contributed by atoms with Crippen molar-refractivity contribution in [2.75, 3.05) is 13.6 Å². The molecule has 2 aromatic carbocycles. The van der Waals surface area contributed by atoms with E-state index in [2.05, 4.69) is 42.0 Å². The first kappa shape index (κ1) is 24.1. The molecule has 3 aliphatic heterocycles. The third kappa shape index (κ3) is 4.51. The average Bonchev–Trinajstić information content (AvgIpc) is 3.52. The highest BCUT2D eigenvalue weighted by Gasteiger charge is 2.32. The molecule has 0 saturated carbocycles. The van der Waals surface area contributed by atoms with Crippen LogP contribution in [0.2, 0.25) is 0 Å². The molecule has 0 aliphatic carbocycles. The summed E-state index contributed by atoms with van der Waals surface area (Å²) in [5, 5.41) is 2.45. The van der Waals surface area contributed by atoms with Crippen molar-refractivity contribution >= 4 is 10.8 Å². The summed E-state index contributed by atoms with van der Waals surface area (Å²) in [5.74, 6) is 3.48. The van der Waals surface area contributed by atoms with E-state index in [4.69, 9.17) is 18.9 Å². The number of unbranched alkanes of at least 4 members (excludes halogenated alkanes) is 7. The van der Waals surface area contributed by atoms with E-state index in [0.29, 0.717) is 13.6 Å². The first-order chi connectivity index (χ1) is 16.8. The van der Waals surface area contributed by atoms with Crippen molar-refractivity contribution in [1.29, 1.82) is 0 Å². The van der Waals surface area contributed by atoms with E-state index in [0.717, 1.165) is 47.8 Å². The number of hydrogen-bond acceptors (Lipinski definition) is 4. The molecule has 0 unspecified atom stereocenters. The number of aryl methyl sites for hydroxylation is 3. The van der Waals surface area contributed by atoms with Crippen LogP contribution in [0.5, 0.6) is 23.0 Å². The molecule has 0 fully saturated rings. The molecule has 0 atom stereocenters. The van der Waals surface area contributed by atoms with Gasteiger partial charge in [-0.05, 0) is 42.7 Å². The molecule has 35 heavy (non-hydrogen) atoms. The Bertz CT molecular complexity index is 1230. The number of fused-ring (bicyclic) bond motifs is 7. The molecule has 0 saturated heterocycles. The zero-order valence-corrected chi connectivity index (χ0v) is 21.3. The first-order valence-corrected chi connectivity index (χ1v) is 13.0. The van der Waals surface area contributed by atoms with E-state index in [9.17, 15) is 0 Å². The molecule has 6 rings (SSSR count). The summed E-state index contributed by atoms with van der Waals surface area (Å²) in [6.45, 7) is 3.84. The smallest absolute Gasteiger partial charge is 0.231 e. The van der Waals surface area contributed by atoms with Gasteiger partial charge in [0.25, 0.3) is 0 Å². The standard InChI is InChI=1S/C29H34NO4.ClH/c1-2-3-4-5-6-7-8-9-10-22-21-11-12-25-29(34-19-31-25)24(21)17-30-14-13-20-15-26-27(33-18-32-26)16-23(20)28(22)30;/h11-12,15-17H,2-10,13-14,18-19H2,1H3;1H/q+1;/p-1. The maximum atomic E-state index is 5.91. The van der Waals surface area contributed by atoms with Crippen molar-refractivity contribution in [1.82, 2.24) is 0 Å². The van der Waals surface area contributed by atoms with Crippen LogP contribution < -0.4 is 35.9 Å². The summed E-state index contributed by atoms with van der Waals surface area (Å²) in [6.07, 6.45) is 14.9. The summed E-state index contributed by atoms with van der Waals surface area (Å²) < 4.78 is 25.4. The average molecular weight is 496 g/mol. The summed E-state index contributed by atoms with van der Waals surface area (Å²) in [6, 6.07) is 8.68. The first-order valence-electron chi connectivity index (χ1n) is 13.0. The summed E-state index contributed by atoms with van der Waals surface area (Å²) in [7, 11) is 0. The minimum Gasteiger partial charge on any atom is -1.00 e. The van der Waals surface area contributed by atoms with E-state index >= 15 is 0 Å². The second-order valence-electron chi connectivity index (χ2n) is 9.75. The van der Waals surface area contributed by atoms with Crippen molar-refractivity contribution in [3.05, 3.63) is 41.6 Å². The van der Waals surface area contributed by atoms with Gasteiger partial charge >= 0.3 is 0 Å². The van der Waals surface area contributed by atoms with Crippen molar-refractivity contribution < 1.29 is 35.9 Å². The second-order valence-corrected chi connectivity index (χ2v) is 9.75. The van der Waals surface area contributed by atoms with Crippen LogP contribution in [0.15, 0.2) is 30.5 Å². The molecule has 3 aliphatic rings. The number of hydrogen-bond donors (Lipinski definition) is 0. The van der Waals surface area contributed by atoms with Crippen LogP contribution in [0.1, 0.15) is 69.4 Å². The largest absolute Gasteiger partial charge is 1.00 e. The fraction of sp³-hybridized carbons (Fsp3) is 0.483. The van der Waals surface area contributed by atoms with Gasteiger partial charge in [-0.25, -0.2) is 0 Å². The maximum absolute atomic E-state index is 5.91. The predicted molar refractivity (Wildman–Crippen MR) is 132 cm³/mol. The number of pyridine rings is 1. The lowest BCUT2D eigenvalue weighted by atomic mass is 9.89. The molecule has 5 nitrogen and oxygen atoms in total. The van der Waals surface area contributed by atoms with E-state index < -0.39 is 0 Å². The highest BCUT2D eigenvalue weighted by Crippen LogP contribution is 2.45. The van der Waals surface area contributed by atoms with Crippen molar-refractivity contribution in [3.8, 4) is 34.3 Å². The van der Waals surface area contributed by atoms with E-state index in [-0.39, 0.29) is 12.4 Å². The molecule has 0 N–H and O–H groups in total. The number of nitrogens with zero attached hydrogens (tertiary/aromatic N) is 1. The van der Waals surface area contributed by atoms with Gasteiger partial charge in [-0.2, -0.15) is 4.57 Å². The van der Waals surface area contributed by atoms with E-state index in [1.165, 1.54) is 79.1 Å². The Kier molecular flexibility index (Phi) is 7.24. The Morgan fingerprint density at radius 1 is 0.771 bits per heavy atom. The molecule has 0 spiro atoms. The van der Waals surface area contributed by atoms with Gasteiger partial charge in [0.15, 0.2) is 35.7 Å². The fourth-order valence-corrected chi connectivity index (χ4v) is 5.74. The summed E-state index contributed by atoms with van der Waals surface area (Å²) in [5.41, 5.74) is 5.38. The number of benzene rings is 2. The predicted octanol–water partition coefficient (Wildman–Crippen LogP) is 3.50. The monoisotopic (exact) mass is 495 g/mol. The van der Waals surface area contributed by atoms with E-state index in [1.807, 2.05) is 0 Å². The normalized spacial score (nSPS) is 14.5. The van der Waals surface area contributed by atoms with Crippen LogP contribution in [0, 0.1) is 0 Å². The van der Waals surface area contributed by atoms with Gasteiger partial charge in [0.05, 0.1) is 10.9 Å². The minimum atomic E-state index is 0. The Morgan fingerprint density at radius 2 is 1.49 bits per heavy atom. The molecule has 0 bridgehead atoms. The van der Waals surface area contributed by atoms with Gasteiger partial charge < -0.3 is 31.4 Å². The van der Waals surface area contributed by atoms with Gasteiger partial charge in [0.1, 0.15) is 0 Å². The Balaban J connectivity index is 0.00000253. The number of rotatable bonds is 9. The molecule has 3 aromatic rings. The molecule has 1 aromatic heterocycles. The number of aromatic nitrogens is 1. The number of ether oxygens (including phenoxy) is 4. The van der Waals surface area contributed by atoms with Crippen molar-refractivity contribution in [2.45, 2.75) is 77.7 Å². The van der Waals surface area contributed by atoms with Crippen LogP contribution >= 0.6 is 0 Å². The number of halogens is 1. The minimum absolute atomic E-state index is 0. The third-order valence-corrected chi connectivity index (χ3v) is 7.52. The van der Waals surface area contributed by atoms with Crippen LogP contribution in [-0.2, 0) is 19.4 Å². The zero-order valence-electron chi connectivity index (χ0n) is 20.5. The van der Waals surface area contributed by atoms with Crippen molar-refractivity contribution in [2.24, 2.45) is 0 Å². The molecule has 0 radical (unpaired) electrons. The maximum Gasteiger partial charge on any atom is 0.231 e. The zero-order chi connectivity index (χ0) is 22.9. The highest BCUT2D eigenvalue weighted by molar-refractivity contribution is 5.95. The van der Waals surface area contributed by atoms with E-state index in [1.54, 1.807) is 0 Å². The SMILES string of the molecule is CCCCCCCCCCc1c2[n+](cc3c4c(ccc13)OCO4)CCc1cc3c(cc1-2)OCO3.[Cl-]. The molecular weight excluding hydrogens is 462 g/mol. The lowest BCUT2D eigenvalue weighted by Crippen LogP contribution is -3.00. The molecule has 0 amide bonds. The lowest BCUT2D eigenvalue weighted by molar-refractivity contribution is -0.686. The third-order valence-electron chi connectivity index (χ3n) is 7.52. The lowest BCUT2D eigenvalue weighted by Gasteiger charge is -2.20.